The Kier molecular flexibility index (Phi) is 8.81. The maximum Gasteiger partial charge on any atom is 0.327 e. The third-order valence-corrected chi connectivity index (χ3v) is 0.309. The molecule has 0 aliphatic rings. The minimum absolute atomic E-state index is 0. The minimum Gasteiger partial charge on any atom is -0.478 e. The van der Waals surface area contributed by atoms with Crippen molar-refractivity contribution in [2.24, 2.45) is 0 Å². The first-order valence-corrected chi connectivity index (χ1v) is 1.63. The van der Waals surface area contributed by atoms with Gasteiger partial charge in [-0.3, -0.25) is 0 Å². The summed E-state index contributed by atoms with van der Waals surface area (Å²) in [5.74, 6) is -0.891. The fourth-order valence-electron chi connectivity index (χ4n) is 0.143. The van der Waals surface area contributed by atoms with E-state index >= 15 is 0 Å². The molecule has 0 fully saturated rings. The second-order valence-corrected chi connectivity index (χ2v) is 0.838. The Hall–Kier alpha value is 0.0801. The summed E-state index contributed by atoms with van der Waals surface area (Å²) >= 11 is 0. The molecule has 3 radical (unpaired) electrons. The number of hydrogen-bond donors (Lipinski definition) is 1. The summed E-state index contributed by atoms with van der Waals surface area (Å²) in [6, 6.07) is 0. The molecule has 1 N–H and O–H groups in total. The Balaban J connectivity index is 0. The van der Waals surface area contributed by atoms with Crippen LogP contribution < -0.4 is 0 Å². The molecular formula is C4H6InO2. The quantitative estimate of drug-likeness (QED) is 0.618. The van der Waals surface area contributed by atoms with Crippen LogP contribution in [0.15, 0.2) is 12.2 Å². The predicted octanol–water partition coefficient (Wildman–Crippen LogP) is 0.266. The summed E-state index contributed by atoms with van der Waals surface area (Å²) in [5, 5.41) is 7.83. The molecule has 0 aromatic heterocycles. The monoisotopic (exact) mass is 201 g/mol. The Bertz CT molecular complexity index is 77.8. The molecule has 0 atom stereocenters. The van der Waals surface area contributed by atoms with Gasteiger partial charge in [-0.2, -0.15) is 0 Å². The second kappa shape index (κ2) is 6.08. The number of aliphatic carboxylic acids is 1. The summed E-state index contributed by atoms with van der Waals surface area (Å²) in [6.07, 6.45) is 2.56. The van der Waals surface area contributed by atoms with Gasteiger partial charge >= 0.3 is 5.97 Å². The van der Waals surface area contributed by atoms with Gasteiger partial charge in [0.05, 0.1) is 0 Å². The van der Waals surface area contributed by atoms with Crippen molar-refractivity contribution in [2.45, 2.75) is 6.92 Å². The number of allylic oxidation sites excluding steroid dienone is 1. The van der Waals surface area contributed by atoms with Crippen molar-refractivity contribution in [1.82, 2.24) is 0 Å². The van der Waals surface area contributed by atoms with Gasteiger partial charge in [0, 0.05) is 31.9 Å². The standard InChI is InChI=1S/C4H6O2.In/c1-2-3-4(5)6;/h2-3H,1H3,(H,5,6);. The molecule has 2 nitrogen and oxygen atoms in total. The molecule has 3 heteroatoms. The molecule has 0 spiro atoms. The van der Waals surface area contributed by atoms with Crippen LogP contribution in [0.5, 0.6) is 0 Å². The molecule has 0 heterocycles. The first-order chi connectivity index (χ1) is 2.77. The molecule has 0 rings (SSSR count). The van der Waals surface area contributed by atoms with Crippen LogP contribution in [0, 0.1) is 0 Å². The van der Waals surface area contributed by atoms with E-state index in [-0.39, 0.29) is 25.8 Å². The minimum atomic E-state index is -0.891. The SMILES string of the molecule is CC=CC(=O)O.[In]. The van der Waals surface area contributed by atoms with Gasteiger partial charge < -0.3 is 5.11 Å². The third kappa shape index (κ3) is 10.7. The van der Waals surface area contributed by atoms with Gasteiger partial charge in [0.2, 0.25) is 0 Å². The molecule has 0 saturated carbocycles. The Morgan fingerprint density at radius 1 is 1.71 bits per heavy atom. The first-order valence-electron chi connectivity index (χ1n) is 1.63. The van der Waals surface area contributed by atoms with Crippen LogP contribution in [0.4, 0.5) is 0 Å². The number of carbonyl (C=O) groups is 1. The van der Waals surface area contributed by atoms with Crippen LogP contribution in [-0.2, 0) is 4.79 Å². The van der Waals surface area contributed by atoms with Gasteiger partial charge in [0.1, 0.15) is 0 Å². The average Bonchev–Trinajstić information content (AvgIpc) is 1.35. The van der Waals surface area contributed by atoms with Gasteiger partial charge in [0.25, 0.3) is 0 Å². The van der Waals surface area contributed by atoms with Gasteiger partial charge in [-0.1, -0.05) is 6.08 Å². The van der Waals surface area contributed by atoms with Crippen LogP contribution in [0.3, 0.4) is 0 Å². The summed E-state index contributed by atoms with van der Waals surface area (Å²) in [7, 11) is 0. The van der Waals surface area contributed by atoms with E-state index in [1.807, 2.05) is 0 Å². The normalized spacial score (nSPS) is 8.14. The molecule has 0 aromatic carbocycles. The van der Waals surface area contributed by atoms with E-state index in [9.17, 15) is 4.79 Å². The molecule has 0 unspecified atom stereocenters. The summed E-state index contributed by atoms with van der Waals surface area (Å²) < 4.78 is 0. The zero-order chi connectivity index (χ0) is 4.99. The van der Waals surface area contributed by atoms with Gasteiger partial charge in [-0.15, -0.1) is 0 Å². The molecule has 0 amide bonds. The molecule has 0 aliphatic heterocycles. The van der Waals surface area contributed by atoms with Crippen LogP contribution >= 0.6 is 0 Å². The average molecular weight is 201 g/mol. The number of rotatable bonds is 1. The Morgan fingerprint density at radius 2 is 2.14 bits per heavy atom. The van der Waals surface area contributed by atoms with E-state index in [1.54, 1.807) is 6.92 Å². The molecular weight excluding hydrogens is 195 g/mol. The number of carboxylic acid groups (broad SMARTS) is 1. The summed E-state index contributed by atoms with van der Waals surface area (Å²) in [4.78, 5) is 9.51. The van der Waals surface area contributed by atoms with Crippen LogP contribution in [0.25, 0.3) is 0 Å². The van der Waals surface area contributed by atoms with E-state index in [0.717, 1.165) is 6.08 Å². The molecule has 0 saturated heterocycles. The first kappa shape index (κ1) is 10.1. The largest absolute Gasteiger partial charge is 0.478 e. The van der Waals surface area contributed by atoms with Crippen molar-refractivity contribution in [3.63, 3.8) is 0 Å². The van der Waals surface area contributed by atoms with Crippen molar-refractivity contribution < 1.29 is 9.90 Å². The smallest absolute Gasteiger partial charge is 0.327 e. The van der Waals surface area contributed by atoms with Crippen molar-refractivity contribution in [2.75, 3.05) is 0 Å². The van der Waals surface area contributed by atoms with E-state index in [1.165, 1.54) is 6.08 Å². The molecule has 7 heavy (non-hydrogen) atoms. The zero-order valence-corrected chi connectivity index (χ0v) is 7.38. The van der Waals surface area contributed by atoms with Crippen LogP contribution in [-0.4, -0.2) is 36.9 Å². The maximum absolute atomic E-state index is 9.51. The van der Waals surface area contributed by atoms with Crippen molar-refractivity contribution >= 4 is 31.8 Å². The van der Waals surface area contributed by atoms with Crippen LogP contribution in [0.2, 0.25) is 0 Å². The molecule has 37 valence electrons. The Labute approximate surface area is 61.0 Å². The van der Waals surface area contributed by atoms with E-state index in [4.69, 9.17) is 5.11 Å². The Morgan fingerprint density at radius 3 is 2.14 bits per heavy atom. The van der Waals surface area contributed by atoms with E-state index in [2.05, 4.69) is 0 Å². The molecule has 0 aliphatic carbocycles. The third-order valence-electron chi connectivity index (χ3n) is 0.309. The van der Waals surface area contributed by atoms with Gasteiger partial charge in [-0.05, 0) is 6.92 Å². The van der Waals surface area contributed by atoms with Gasteiger partial charge in [0.15, 0.2) is 0 Å². The topological polar surface area (TPSA) is 37.3 Å². The summed E-state index contributed by atoms with van der Waals surface area (Å²) in [5.41, 5.74) is 0. The van der Waals surface area contributed by atoms with E-state index < -0.39 is 5.97 Å². The second-order valence-electron chi connectivity index (χ2n) is 0.838. The summed E-state index contributed by atoms with van der Waals surface area (Å²) in [6.45, 7) is 1.66. The zero-order valence-electron chi connectivity index (χ0n) is 4.09. The van der Waals surface area contributed by atoms with E-state index in [0.29, 0.717) is 0 Å². The number of hydrogen-bond acceptors (Lipinski definition) is 1. The van der Waals surface area contributed by atoms with Crippen molar-refractivity contribution in [3.05, 3.63) is 12.2 Å². The fraction of sp³-hybridized carbons (Fsp3) is 0.250. The molecule has 0 bridgehead atoms. The predicted molar refractivity (Wildman–Crippen MR) is 28.2 cm³/mol. The molecule has 0 aromatic rings. The fourth-order valence-corrected chi connectivity index (χ4v) is 0.143. The van der Waals surface area contributed by atoms with Crippen molar-refractivity contribution in [3.8, 4) is 0 Å². The van der Waals surface area contributed by atoms with Gasteiger partial charge in [-0.25, -0.2) is 4.79 Å². The van der Waals surface area contributed by atoms with Crippen LogP contribution in [0.1, 0.15) is 6.92 Å². The number of carboxylic acids is 1. The maximum atomic E-state index is 9.51. The van der Waals surface area contributed by atoms with Crippen molar-refractivity contribution in [1.29, 1.82) is 0 Å².